The highest BCUT2D eigenvalue weighted by atomic mass is 35.5. The van der Waals surface area contributed by atoms with Gasteiger partial charge in [0.2, 0.25) is 0 Å². The molecule has 0 amide bonds. The van der Waals surface area contributed by atoms with Gasteiger partial charge in [-0.05, 0) is 60.4 Å². The maximum Gasteiger partial charge on any atom is 0.180 e. The maximum absolute atomic E-state index is 6.44. The smallest absolute Gasteiger partial charge is 0.180 e. The number of rotatable bonds is 6. The fourth-order valence-electron chi connectivity index (χ4n) is 2.64. The van der Waals surface area contributed by atoms with E-state index in [2.05, 4.69) is 31.0 Å². The summed E-state index contributed by atoms with van der Waals surface area (Å²) < 4.78 is 11.4. The van der Waals surface area contributed by atoms with E-state index in [1.165, 1.54) is 11.1 Å². The van der Waals surface area contributed by atoms with Crippen LogP contribution in [-0.2, 0) is 6.61 Å². The average molecular weight is 380 g/mol. The molecule has 0 saturated carbocycles. The zero-order chi connectivity index (χ0) is 19.2. The van der Waals surface area contributed by atoms with Gasteiger partial charge >= 0.3 is 0 Å². The summed E-state index contributed by atoms with van der Waals surface area (Å²) in [5.41, 5.74) is 5.28. The number of methoxy groups -OCH3 is 1. The molecule has 138 valence electrons. The van der Waals surface area contributed by atoms with Crippen LogP contribution in [0, 0.1) is 13.8 Å². The lowest BCUT2D eigenvalue weighted by atomic mass is 10.1. The van der Waals surface area contributed by atoms with Gasteiger partial charge in [-0.1, -0.05) is 48.0 Å². The Kier molecular flexibility index (Phi) is 6.15. The Bertz CT molecular complexity index is 952. The topological polar surface area (TPSA) is 30.8 Å². The Labute approximate surface area is 165 Å². The Morgan fingerprint density at radius 1 is 0.963 bits per heavy atom. The van der Waals surface area contributed by atoms with Crippen LogP contribution in [0.5, 0.6) is 11.5 Å². The third-order valence-electron chi connectivity index (χ3n) is 4.33. The highest BCUT2D eigenvalue weighted by molar-refractivity contribution is 6.32. The van der Waals surface area contributed by atoms with Crippen molar-refractivity contribution in [3.05, 3.63) is 87.9 Å². The number of hydrogen-bond acceptors (Lipinski definition) is 3. The SMILES string of the molecule is COc1cc(C=Nc2ccc(C)c(C)c2)cc(Cl)c1OCc1ccccc1. The minimum Gasteiger partial charge on any atom is -0.493 e. The van der Waals surface area contributed by atoms with Crippen LogP contribution >= 0.6 is 11.6 Å². The summed E-state index contributed by atoms with van der Waals surface area (Å²) in [6, 6.07) is 19.8. The lowest BCUT2D eigenvalue weighted by Gasteiger charge is -2.13. The Hall–Kier alpha value is -2.78. The molecule has 3 rings (SSSR count). The van der Waals surface area contributed by atoms with E-state index in [9.17, 15) is 0 Å². The van der Waals surface area contributed by atoms with Gasteiger partial charge in [-0.25, -0.2) is 0 Å². The van der Waals surface area contributed by atoms with E-state index in [1.807, 2.05) is 48.5 Å². The molecule has 3 nitrogen and oxygen atoms in total. The summed E-state index contributed by atoms with van der Waals surface area (Å²) in [7, 11) is 1.60. The van der Waals surface area contributed by atoms with Crippen LogP contribution < -0.4 is 9.47 Å². The molecule has 0 aliphatic heterocycles. The molecule has 0 aliphatic rings. The van der Waals surface area contributed by atoms with E-state index in [-0.39, 0.29) is 0 Å². The minimum absolute atomic E-state index is 0.424. The molecule has 0 heterocycles. The maximum atomic E-state index is 6.44. The molecule has 0 spiro atoms. The molecule has 0 N–H and O–H groups in total. The van der Waals surface area contributed by atoms with Gasteiger partial charge in [-0.15, -0.1) is 0 Å². The average Bonchev–Trinajstić information content (AvgIpc) is 2.68. The summed E-state index contributed by atoms with van der Waals surface area (Å²) in [6.07, 6.45) is 1.78. The number of aliphatic imine (C=N–C) groups is 1. The molecule has 0 atom stereocenters. The predicted octanol–water partition coefficient (Wildman–Crippen LogP) is 6.30. The Morgan fingerprint density at radius 2 is 1.74 bits per heavy atom. The molecule has 3 aromatic carbocycles. The van der Waals surface area contributed by atoms with Crippen molar-refractivity contribution in [2.24, 2.45) is 4.99 Å². The van der Waals surface area contributed by atoms with Crippen LogP contribution in [0.15, 0.2) is 65.7 Å². The highest BCUT2D eigenvalue weighted by Gasteiger charge is 2.12. The van der Waals surface area contributed by atoms with Crippen molar-refractivity contribution in [3.8, 4) is 11.5 Å². The second kappa shape index (κ2) is 8.74. The van der Waals surface area contributed by atoms with E-state index in [0.717, 1.165) is 16.8 Å². The molecule has 0 aliphatic carbocycles. The number of halogens is 1. The van der Waals surface area contributed by atoms with Crippen molar-refractivity contribution >= 4 is 23.5 Å². The number of aryl methyl sites for hydroxylation is 2. The van der Waals surface area contributed by atoms with E-state index < -0.39 is 0 Å². The molecule has 0 unspecified atom stereocenters. The molecule has 0 aromatic heterocycles. The third kappa shape index (κ3) is 4.89. The zero-order valence-corrected chi connectivity index (χ0v) is 16.5. The molecule has 0 radical (unpaired) electrons. The fraction of sp³-hybridized carbons (Fsp3) is 0.174. The minimum atomic E-state index is 0.424. The first-order chi connectivity index (χ1) is 13.1. The number of ether oxygens (including phenoxy) is 2. The van der Waals surface area contributed by atoms with Gasteiger partial charge in [0.1, 0.15) is 6.61 Å². The van der Waals surface area contributed by atoms with Crippen LogP contribution in [0.2, 0.25) is 5.02 Å². The van der Waals surface area contributed by atoms with Gasteiger partial charge < -0.3 is 9.47 Å². The number of hydrogen-bond donors (Lipinski definition) is 0. The van der Waals surface area contributed by atoms with Crippen molar-refractivity contribution in [3.63, 3.8) is 0 Å². The highest BCUT2D eigenvalue weighted by Crippen LogP contribution is 2.36. The van der Waals surface area contributed by atoms with Crippen LogP contribution in [0.3, 0.4) is 0 Å². The third-order valence-corrected chi connectivity index (χ3v) is 4.61. The summed E-state index contributed by atoms with van der Waals surface area (Å²) in [5.74, 6) is 1.12. The van der Waals surface area contributed by atoms with Gasteiger partial charge in [-0.3, -0.25) is 4.99 Å². The first kappa shape index (κ1) is 19.0. The second-order valence-corrected chi connectivity index (χ2v) is 6.74. The van der Waals surface area contributed by atoms with Gasteiger partial charge in [0.25, 0.3) is 0 Å². The van der Waals surface area contributed by atoms with Crippen LogP contribution in [-0.4, -0.2) is 13.3 Å². The molecule has 0 bridgehead atoms. The summed E-state index contributed by atoms with van der Waals surface area (Å²) in [6.45, 7) is 4.59. The first-order valence-corrected chi connectivity index (χ1v) is 9.10. The van der Waals surface area contributed by atoms with E-state index >= 15 is 0 Å². The normalized spacial score (nSPS) is 11.0. The van der Waals surface area contributed by atoms with Crippen LogP contribution in [0.1, 0.15) is 22.3 Å². The van der Waals surface area contributed by atoms with Crippen LogP contribution in [0.25, 0.3) is 0 Å². The van der Waals surface area contributed by atoms with E-state index in [0.29, 0.717) is 23.1 Å². The van der Waals surface area contributed by atoms with Crippen LogP contribution in [0.4, 0.5) is 5.69 Å². The lowest BCUT2D eigenvalue weighted by molar-refractivity contribution is 0.284. The molecular weight excluding hydrogens is 358 g/mol. The monoisotopic (exact) mass is 379 g/mol. The quantitative estimate of drug-likeness (QED) is 0.471. The van der Waals surface area contributed by atoms with Gasteiger partial charge in [0.05, 0.1) is 17.8 Å². The first-order valence-electron chi connectivity index (χ1n) is 8.72. The van der Waals surface area contributed by atoms with E-state index in [4.69, 9.17) is 21.1 Å². The summed E-state index contributed by atoms with van der Waals surface area (Å²) in [4.78, 5) is 4.54. The van der Waals surface area contributed by atoms with Gasteiger partial charge in [-0.2, -0.15) is 0 Å². The molecule has 4 heteroatoms. The van der Waals surface area contributed by atoms with Crippen molar-refractivity contribution in [2.45, 2.75) is 20.5 Å². The predicted molar refractivity (Wildman–Crippen MR) is 112 cm³/mol. The van der Waals surface area contributed by atoms with Crippen molar-refractivity contribution in [2.75, 3.05) is 7.11 Å². The second-order valence-electron chi connectivity index (χ2n) is 6.34. The molecular formula is C23H22ClNO2. The standard InChI is InChI=1S/C23H22ClNO2/c1-16-9-10-20(11-17(16)2)25-14-19-12-21(24)23(22(13-19)26-3)27-15-18-7-5-4-6-8-18/h4-14H,15H2,1-3H3. The lowest BCUT2D eigenvalue weighted by Crippen LogP contribution is -1.99. The Morgan fingerprint density at radius 3 is 2.44 bits per heavy atom. The van der Waals surface area contributed by atoms with Gasteiger partial charge in [0, 0.05) is 6.21 Å². The molecule has 3 aromatic rings. The molecule has 27 heavy (non-hydrogen) atoms. The summed E-state index contributed by atoms with van der Waals surface area (Å²) >= 11 is 6.44. The van der Waals surface area contributed by atoms with Crippen molar-refractivity contribution in [1.29, 1.82) is 0 Å². The fourth-order valence-corrected chi connectivity index (χ4v) is 2.91. The van der Waals surface area contributed by atoms with Crippen molar-refractivity contribution in [1.82, 2.24) is 0 Å². The molecule has 0 saturated heterocycles. The van der Waals surface area contributed by atoms with E-state index in [1.54, 1.807) is 13.3 Å². The zero-order valence-electron chi connectivity index (χ0n) is 15.7. The Balaban J connectivity index is 1.80. The van der Waals surface area contributed by atoms with Crippen molar-refractivity contribution < 1.29 is 9.47 Å². The number of benzene rings is 3. The number of nitrogens with zero attached hydrogens (tertiary/aromatic N) is 1. The van der Waals surface area contributed by atoms with Gasteiger partial charge in [0.15, 0.2) is 11.5 Å². The largest absolute Gasteiger partial charge is 0.493 e. The summed E-state index contributed by atoms with van der Waals surface area (Å²) in [5, 5.41) is 0.492. The molecule has 0 fully saturated rings.